The van der Waals surface area contributed by atoms with E-state index < -0.39 is 6.04 Å². The lowest BCUT2D eigenvalue weighted by Gasteiger charge is -2.27. The third kappa shape index (κ3) is 6.42. The van der Waals surface area contributed by atoms with E-state index in [1.54, 1.807) is 12.1 Å². The summed E-state index contributed by atoms with van der Waals surface area (Å²) in [6, 6.07) is 13.2. The summed E-state index contributed by atoms with van der Waals surface area (Å²) in [7, 11) is 0. The van der Waals surface area contributed by atoms with E-state index in [-0.39, 0.29) is 5.91 Å². The highest BCUT2D eigenvalue weighted by molar-refractivity contribution is 5.84. The summed E-state index contributed by atoms with van der Waals surface area (Å²) in [5, 5.41) is 9.96. The van der Waals surface area contributed by atoms with Gasteiger partial charge in [0.25, 0.3) is 0 Å². The molecule has 1 aromatic carbocycles. The maximum absolute atomic E-state index is 13.4. The van der Waals surface area contributed by atoms with Gasteiger partial charge in [0.2, 0.25) is 11.9 Å². The molecule has 3 aromatic rings. The SMILES string of the molecule is [C-]#[N+]c1ccc(CNC(=O)[C@@H](CC2CCCCC2)Nc2cc(-n3cccc3)nc(NC3CC3)n2)cc1. The van der Waals surface area contributed by atoms with Gasteiger partial charge in [0.05, 0.1) is 6.57 Å². The number of hydrogen-bond donors (Lipinski definition) is 3. The van der Waals surface area contributed by atoms with Gasteiger partial charge >= 0.3 is 0 Å². The normalized spacial score (nSPS) is 16.6. The maximum Gasteiger partial charge on any atom is 0.242 e. The maximum atomic E-state index is 13.4. The van der Waals surface area contributed by atoms with Crippen molar-refractivity contribution in [2.75, 3.05) is 10.6 Å². The van der Waals surface area contributed by atoms with Crippen molar-refractivity contribution in [2.45, 2.75) is 70.0 Å². The number of rotatable bonds is 10. The van der Waals surface area contributed by atoms with Crippen molar-refractivity contribution in [3.63, 3.8) is 0 Å². The van der Waals surface area contributed by atoms with E-state index in [2.05, 4.69) is 20.8 Å². The molecule has 8 heteroatoms. The van der Waals surface area contributed by atoms with E-state index in [9.17, 15) is 4.79 Å². The van der Waals surface area contributed by atoms with Crippen LogP contribution < -0.4 is 16.0 Å². The van der Waals surface area contributed by atoms with Crippen molar-refractivity contribution in [2.24, 2.45) is 5.92 Å². The molecule has 1 atom stereocenters. The molecule has 8 nitrogen and oxygen atoms in total. The average Bonchev–Trinajstić information content (AvgIpc) is 3.54. The van der Waals surface area contributed by atoms with Crippen LogP contribution in [0.4, 0.5) is 17.5 Å². The van der Waals surface area contributed by atoms with Crippen molar-refractivity contribution in [3.8, 4) is 5.82 Å². The summed E-state index contributed by atoms with van der Waals surface area (Å²) in [5.41, 5.74) is 1.57. The molecule has 5 rings (SSSR count). The molecule has 2 aromatic heterocycles. The molecule has 1 amide bonds. The second-order valence-corrected chi connectivity index (χ2v) is 9.88. The number of anilines is 2. The lowest BCUT2D eigenvalue weighted by molar-refractivity contribution is -0.122. The molecule has 0 aliphatic heterocycles. The zero-order valence-corrected chi connectivity index (χ0v) is 20.5. The van der Waals surface area contributed by atoms with Gasteiger partial charge in [0.1, 0.15) is 17.7 Å². The minimum absolute atomic E-state index is 0.0346. The van der Waals surface area contributed by atoms with Gasteiger partial charge in [-0.2, -0.15) is 9.97 Å². The molecule has 2 fully saturated rings. The molecule has 0 unspecified atom stereocenters. The zero-order chi connectivity index (χ0) is 24.7. The largest absolute Gasteiger partial charge is 0.358 e. The van der Waals surface area contributed by atoms with Crippen LogP contribution in [0, 0.1) is 12.5 Å². The monoisotopic (exact) mass is 483 g/mol. The summed E-state index contributed by atoms with van der Waals surface area (Å²) in [6.07, 6.45) is 13.0. The van der Waals surface area contributed by atoms with Crippen LogP contribution in [0.3, 0.4) is 0 Å². The minimum Gasteiger partial charge on any atom is -0.358 e. The third-order valence-corrected chi connectivity index (χ3v) is 6.96. The van der Waals surface area contributed by atoms with Crippen LogP contribution in [0.2, 0.25) is 0 Å². The Labute approximate surface area is 212 Å². The molecule has 2 aliphatic rings. The van der Waals surface area contributed by atoms with Crippen molar-refractivity contribution in [1.82, 2.24) is 19.9 Å². The third-order valence-electron chi connectivity index (χ3n) is 6.96. The summed E-state index contributed by atoms with van der Waals surface area (Å²) >= 11 is 0. The van der Waals surface area contributed by atoms with E-state index in [1.165, 1.54) is 19.3 Å². The van der Waals surface area contributed by atoms with Gasteiger partial charge in [-0.15, -0.1) is 0 Å². The van der Waals surface area contributed by atoms with Crippen LogP contribution in [0.15, 0.2) is 54.9 Å². The summed E-state index contributed by atoms with van der Waals surface area (Å²) in [5.74, 6) is 2.48. The highest BCUT2D eigenvalue weighted by Gasteiger charge is 2.26. The molecule has 0 radical (unpaired) electrons. The Bertz CT molecular complexity index is 1190. The molecule has 186 valence electrons. The molecule has 36 heavy (non-hydrogen) atoms. The van der Waals surface area contributed by atoms with E-state index >= 15 is 0 Å². The molecule has 0 spiro atoms. The Morgan fingerprint density at radius 3 is 2.50 bits per heavy atom. The van der Waals surface area contributed by atoms with Gasteiger partial charge in [-0.1, -0.05) is 56.4 Å². The van der Waals surface area contributed by atoms with Crippen LogP contribution in [-0.2, 0) is 11.3 Å². The van der Waals surface area contributed by atoms with Gasteiger partial charge in [0, 0.05) is 31.0 Å². The van der Waals surface area contributed by atoms with Crippen LogP contribution >= 0.6 is 0 Å². The van der Waals surface area contributed by atoms with Crippen molar-refractivity contribution in [3.05, 3.63) is 71.8 Å². The van der Waals surface area contributed by atoms with Crippen molar-refractivity contribution in [1.29, 1.82) is 0 Å². The number of nitrogens with one attached hydrogen (secondary N) is 3. The summed E-state index contributed by atoms with van der Waals surface area (Å²) in [6.45, 7) is 7.54. The molecule has 2 saturated carbocycles. The molecule has 0 saturated heterocycles. The fraction of sp³-hybridized carbons (Fsp3) is 0.429. The number of aromatic nitrogens is 3. The van der Waals surface area contributed by atoms with Crippen LogP contribution in [0.25, 0.3) is 10.7 Å². The Hall–Kier alpha value is -3.86. The first-order chi connectivity index (χ1) is 17.7. The summed E-state index contributed by atoms with van der Waals surface area (Å²) in [4.78, 5) is 26.3. The fourth-order valence-electron chi connectivity index (χ4n) is 4.77. The highest BCUT2D eigenvalue weighted by atomic mass is 16.2. The standard InChI is InChI=1S/C28H33N7O/c1-29-22-11-9-21(10-12-22)19-30-27(36)24(17-20-7-3-2-4-8-20)32-25-18-26(35-15-5-6-16-35)34-28(33-25)31-23-13-14-23/h5-6,9-12,15-16,18,20,23-24H,2-4,7-8,13-14,17,19H2,(H,30,36)(H2,31,32,33,34)/t24-/m1/s1. The topological polar surface area (TPSA) is 88.2 Å². The summed E-state index contributed by atoms with van der Waals surface area (Å²) < 4.78 is 1.95. The second-order valence-electron chi connectivity index (χ2n) is 9.88. The van der Waals surface area contributed by atoms with Gasteiger partial charge in [-0.3, -0.25) is 4.79 Å². The predicted octanol–water partition coefficient (Wildman–Crippen LogP) is 5.46. The van der Waals surface area contributed by atoms with Crippen LogP contribution in [0.1, 0.15) is 56.9 Å². The zero-order valence-electron chi connectivity index (χ0n) is 20.5. The van der Waals surface area contributed by atoms with Gasteiger partial charge in [-0.25, -0.2) is 4.85 Å². The molecule has 0 bridgehead atoms. The minimum atomic E-state index is -0.392. The number of hydrogen-bond acceptors (Lipinski definition) is 5. The Morgan fingerprint density at radius 2 is 1.81 bits per heavy atom. The van der Waals surface area contributed by atoms with Gasteiger partial charge in [-0.05, 0) is 42.9 Å². The number of carbonyl (C=O) groups is 1. The van der Waals surface area contributed by atoms with E-state index in [0.29, 0.717) is 36.0 Å². The molecule has 2 aliphatic carbocycles. The number of benzene rings is 1. The quantitative estimate of drug-likeness (QED) is 0.333. The highest BCUT2D eigenvalue weighted by Crippen LogP contribution is 2.29. The Morgan fingerprint density at radius 1 is 1.06 bits per heavy atom. The average molecular weight is 484 g/mol. The first-order valence-electron chi connectivity index (χ1n) is 13.0. The lowest BCUT2D eigenvalue weighted by atomic mass is 9.84. The van der Waals surface area contributed by atoms with E-state index in [4.69, 9.17) is 16.5 Å². The number of carbonyl (C=O) groups excluding carboxylic acids is 1. The molecule has 2 heterocycles. The van der Waals surface area contributed by atoms with E-state index in [1.807, 2.05) is 47.3 Å². The van der Waals surface area contributed by atoms with Crippen LogP contribution in [-0.4, -0.2) is 32.5 Å². The fourth-order valence-corrected chi connectivity index (χ4v) is 4.77. The molecule has 3 N–H and O–H groups in total. The Kier molecular flexibility index (Phi) is 7.46. The molecular weight excluding hydrogens is 450 g/mol. The smallest absolute Gasteiger partial charge is 0.242 e. The Balaban J connectivity index is 1.34. The van der Waals surface area contributed by atoms with E-state index in [0.717, 1.165) is 43.5 Å². The predicted molar refractivity (Wildman–Crippen MR) is 141 cm³/mol. The van der Waals surface area contributed by atoms with Crippen molar-refractivity contribution >= 4 is 23.4 Å². The molecular formula is C28H33N7O. The number of amides is 1. The first-order valence-corrected chi connectivity index (χ1v) is 13.0. The lowest BCUT2D eigenvalue weighted by Crippen LogP contribution is -2.41. The first kappa shape index (κ1) is 23.9. The van der Waals surface area contributed by atoms with Gasteiger partial charge < -0.3 is 20.5 Å². The number of nitrogens with zero attached hydrogens (tertiary/aromatic N) is 4. The van der Waals surface area contributed by atoms with Crippen molar-refractivity contribution < 1.29 is 4.79 Å². The van der Waals surface area contributed by atoms with Gasteiger partial charge in [0.15, 0.2) is 5.69 Å². The second kappa shape index (κ2) is 11.3. The van der Waals surface area contributed by atoms with Crippen LogP contribution in [0.5, 0.6) is 0 Å².